The Morgan fingerprint density at radius 1 is 0.810 bits per heavy atom. The smallest absolute Gasteiger partial charge is 0.0336 e. The first-order valence-electron chi connectivity index (χ1n) is 7.44. The third-order valence-electron chi connectivity index (χ3n) is 4.27. The molecule has 0 bridgehead atoms. The minimum atomic E-state index is 0.0365. The van der Waals surface area contributed by atoms with Crippen molar-refractivity contribution in [3.05, 3.63) is 82.9 Å². The van der Waals surface area contributed by atoms with E-state index >= 15 is 0 Å². The summed E-state index contributed by atoms with van der Waals surface area (Å²) in [4.78, 5) is 0. The number of hydrogen-bond donors (Lipinski definition) is 1. The molecule has 1 nitrogen and oxygen atoms in total. The summed E-state index contributed by atoms with van der Waals surface area (Å²) in [5.41, 5.74) is 11.7. The van der Waals surface area contributed by atoms with Crippen molar-refractivity contribution in [2.45, 2.75) is 26.3 Å². The van der Waals surface area contributed by atoms with Crippen LogP contribution in [0, 0.1) is 13.8 Å². The molecule has 0 aliphatic carbocycles. The van der Waals surface area contributed by atoms with Crippen LogP contribution in [-0.2, 0) is 6.42 Å². The van der Waals surface area contributed by atoms with Gasteiger partial charge in [-0.2, -0.15) is 0 Å². The summed E-state index contributed by atoms with van der Waals surface area (Å²) in [5, 5.41) is 2.52. The second-order valence-electron chi connectivity index (χ2n) is 5.79. The predicted molar refractivity (Wildman–Crippen MR) is 90.5 cm³/mol. The summed E-state index contributed by atoms with van der Waals surface area (Å²) in [5.74, 6) is 0. The highest BCUT2D eigenvalue weighted by atomic mass is 14.6. The summed E-state index contributed by atoms with van der Waals surface area (Å²) in [7, 11) is 0. The van der Waals surface area contributed by atoms with Crippen molar-refractivity contribution in [1.82, 2.24) is 0 Å². The SMILES string of the molecule is Cc1cccc(C)c1CC(N)c1ccc2ccccc2c1. The molecule has 0 amide bonds. The highest BCUT2D eigenvalue weighted by Crippen LogP contribution is 2.24. The van der Waals surface area contributed by atoms with Gasteiger partial charge in [0.15, 0.2) is 0 Å². The first-order valence-corrected chi connectivity index (χ1v) is 7.44. The normalized spacial score (nSPS) is 12.5. The highest BCUT2D eigenvalue weighted by molar-refractivity contribution is 5.83. The van der Waals surface area contributed by atoms with E-state index in [0.717, 1.165) is 6.42 Å². The van der Waals surface area contributed by atoms with Crippen LogP contribution in [0.25, 0.3) is 10.8 Å². The third kappa shape index (κ3) is 2.84. The van der Waals surface area contributed by atoms with E-state index in [0.29, 0.717) is 0 Å². The van der Waals surface area contributed by atoms with Crippen molar-refractivity contribution >= 4 is 10.8 Å². The van der Waals surface area contributed by atoms with Gasteiger partial charge in [-0.3, -0.25) is 0 Å². The van der Waals surface area contributed by atoms with Gasteiger partial charge in [0.1, 0.15) is 0 Å². The molecule has 1 atom stereocenters. The molecule has 0 fully saturated rings. The Balaban J connectivity index is 1.91. The number of hydrogen-bond acceptors (Lipinski definition) is 1. The molecule has 3 rings (SSSR count). The number of fused-ring (bicyclic) bond motifs is 1. The van der Waals surface area contributed by atoms with Gasteiger partial charge in [-0.15, -0.1) is 0 Å². The molecule has 0 aliphatic rings. The molecule has 0 spiro atoms. The summed E-state index contributed by atoms with van der Waals surface area (Å²) >= 11 is 0. The fraction of sp³-hybridized carbons (Fsp3) is 0.200. The largest absolute Gasteiger partial charge is 0.324 e. The Bertz CT molecular complexity index is 753. The Kier molecular flexibility index (Phi) is 3.76. The van der Waals surface area contributed by atoms with Crippen LogP contribution in [0.15, 0.2) is 60.7 Å². The van der Waals surface area contributed by atoms with Gasteiger partial charge in [-0.1, -0.05) is 54.6 Å². The van der Waals surface area contributed by atoms with Gasteiger partial charge >= 0.3 is 0 Å². The zero-order chi connectivity index (χ0) is 14.8. The molecule has 1 unspecified atom stereocenters. The van der Waals surface area contributed by atoms with Gasteiger partial charge in [0.05, 0.1) is 0 Å². The van der Waals surface area contributed by atoms with Gasteiger partial charge in [-0.05, 0) is 59.4 Å². The maximum Gasteiger partial charge on any atom is 0.0336 e. The third-order valence-corrected chi connectivity index (χ3v) is 4.27. The van der Waals surface area contributed by atoms with Crippen LogP contribution >= 0.6 is 0 Å². The van der Waals surface area contributed by atoms with Crippen LogP contribution < -0.4 is 5.73 Å². The van der Waals surface area contributed by atoms with E-state index in [4.69, 9.17) is 5.73 Å². The van der Waals surface area contributed by atoms with Crippen molar-refractivity contribution in [3.8, 4) is 0 Å². The molecule has 0 saturated carbocycles. The predicted octanol–water partition coefficient (Wildman–Crippen LogP) is 4.70. The average Bonchev–Trinajstić information content (AvgIpc) is 2.50. The summed E-state index contributed by atoms with van der Waals surface area (Å²) in [6.45, 7) is 4.32. The van der Waals surface area contributed by atoms with Gasteiger partial charge < -0.3 is 5.73 Å². The first kappa shape index (κ1) is 13.8. The van der Waals surface area contributed by atoms with Crippen LogP contribution in [-0.4, -0.2) is 0 Å². The lowest BCUT2D eigenvalue weighted by Crippen LogP contribution is -2.14. The molecular formula is C20H21N. The minimum absolute atomic E-state index is 0.0365. The van der Waals surface area contributed by atoms with E-state index in [1.54, 1.807) is 0 Å². The zero-order valence-electron chi connectivity index (χ0n) is 12.6. The molecule has 0 aromatic heterocycles. The molecule has 0 saturated heterocycles. The Hall–Kier alpha value is -2.12. The minimum Gasteiger partial charge on any atom is -0.324 e. The lowest BCUT2D eigenvalue weighted by molar-refractivity contribution is 0.716. The number of rotatable bonds is 3. The van der Waals surface area contributed by atoms with Gasteiger partial charge in [-0.25, -0.2) is 0 Å². The van der Waals surface area contributed by atoms with E-state index in [2.05, 4.69) is 74.5 Å². The molecule has 106 valence electrons. The van der Waals surface area contributed by atoms with Crippen molar-refractivity contribution in [2.24, 2.45) is 5.73 Å². The van der Waals surface area contributed by atoms with E-state index in [1.807, 2.05) is 0 Å². The maximum absolute atomic E-state index is 6.46. The number of nitrogens with two attached hydrogens (primary N) is 1. The Morgan fingerprint density at radius 2 is 1.48 bits per heavy atom. The van der Waals surface area contributed by atoms with E-state index in [1.165, 1.54) is 33.0 Å². The van der Waals surface area contributed by atoms with E-state index in [9.17, 15) is 0 Å². The molecule has 0 aliphatic heterocycles. The molecule has 21 heavy (non-hydrogen) atoms. The van der Waals surface area contributed by atoms with Crippen LogP contribution in [0.5, 0.6) is 0 Å². The first-order chi connectivity index (χ1) is 10.1. The lowest BCUT2D eigenvalue weighted by atomic mass is 9.92. The van der Waals surface area contributed by atoms with Crippen molar-refractivity contribution in [3.63, 3.8) is 0 Å². The molecule has 0 radical (unpaired) electrons. The second kappa shape index (κ2) is 5.71. The molecular weight excluding hydrogens is 254 g/mol. The fourth-order valence-corrected chi connectivity index (χ4v) is 2.95. The molecule has 0 heterocycles. The topological polar surface area (TPSA) is 26.0 Å². The van der Waals surface area contributed by atoms with Crippen LogP contribution in [0.1, 0.15) is 28.3 Å². The zero-order valence-corrected chi connectivity index (χ0v) is 12.6. The lowest BCUT2D eigenvalue weighted by Gasteiger charge is -2.16. The molecule has 3 aromatic carbocycles. The second-order valence-corrected chi connectivity index (χ2v) is 5.79. The van der Waals surface area contributed by atoms with Crippen molar-refractivity contribution in [1.29, 1.82) is 0 Å². The Labute approximate surface area is 126 Å². The standard InChI is InChI=1S/C20H21N/c1-14-6-5-7-15(2)19(14)13-20(21)18-11-10-16-8-3-4-9-17(16)12-18/h3-12,20H,13,21H2,1-2H3. The van der Waals surface area contributed by atoms with Crippen LogP contribution in [0.2, 0.25) is 0 Å². The molecule has 3 aromatic rings. The monoisotopic (exact) mass is 275 g/mol. The molecule has 1 heteroatoms. The quantitative estimate of drug-likeness (QED) is 0.736. The summed E-state index contributed by atoms with van der Waals surface area (Å²) in [6.07, 6.45) is 0.886. The van der Waals surface area contributed by atoms with Gasteiger partial charge in [0.2, 0.25) is 0 Å². The van der Waals surface area contributed by atoms with Crippen LogP contribution in [0.4, 0.5) is 0 Å². The fourth-order valence-electron chi connectivity index (χ4n) is 2.95. The number of aryl methyl sites for hydroxylation is 2. The summed E-state index contributed by atoms with van der Waals surface area (Å²) < 4.78 is 0. The van der Waals surface area contributed by atoms with Gasteiger partial charge in [0.25, 0.3) is 0 Å². The highest BCUT2D eigenvalue weighted by Gasteiger charge is 2.11. The van der Waals surface area contributed by atoms with Crippen LogP contribution in [0.3, 0.4) is 0 Å². The van der Waals surface area contributed by atoms with Crippen molar-refractivity contribution < 1.29 is 0 Å². The summed E-state index contributed by atoms with van der Waals surface area (Å²) in [6, 6.07) is 21.4. The Morgan fingerprint density at radius 3 is 2.19 bits per heavy atom. The average molecular weight is 275 g/mol. The molecule has 2 N–H and O–H groups in total. The van der Waals surface area contributed by atoms with Gasteiger partial charge in [0, 0.05) is 6.04 Å². The maximum atomic E-state index is 6.46. The van der Waals surface area contributed by atoms with E-state index < -0.39 is 0 Å². The number of benzene rings is 3. The van der Waals surface area contributed by atoms with E-state index in [-0.39, 0.29) is 6.04 Å². The van der Waals surface area contributed by atoms with Crippen molar-refractivity contribution in [2.75, 3.05) is 0 Å².